The molecule has 4 saturated heterocycles. The zero-order valence-electron chi connectivity index (χ0n) is 24.9. The fourth-order valence-corrected chi connectivity index (χ4v) is 7.08. The molecule has 0 aliphatic carbocycles. The highest BCUT2D eigenvalue weighted by molar-refractivity contribution is 6.31. The molecule has 4 heterocycles. The van der Waals surface area contributed by atoms with Crippen molar-refractivity contribution in [2.45, 2.75) is 59.0 Å². The van der Waals surface area contributed by atoms with Crippen LogP contribution < -0.4 is 20.4 Å². The number of amides is 2. The molecule has 2 spiro atoms. The van der Waals surface area contributed by atoms with E-state index < -0.39 is 0 Å². The maximum Gasteiger partial charge on any atom is 0.323 e. The molecule has 0 bridgehead atoms. The van der Waals surface area contributed by atoms with E-state index in [1.165, 1.54) is 0 Å². The topological polar surface area (TPSA) is 117 Å². The molecule has 0 saturated carbocycles. The van der Waals surface area contributed by atoms with Gasteiger partial charge in [-0.1, -0.05) is 42.8 Å². The molecule has 2 aromatic rings. The Morgan fingerprint density at radius 2 is 1.18 bits per heavy atom. The van der Waals surface area contributed by atoms with Crippen molar-refractivity contribution in [1.82, 2.24) is 10.6 Å². The number of carbonyl (C=O) groups excluding carboxylic acids is 4. The first kappa shape index (κ1) is 34.7. The van der Waals surface area contributed by atoms with Crippen LogP contribution in [0.2, 0.25) is 10.0 Å². The molecule has 2 aromatic carbocycles. The predicted octanol–water partition coefficient (Wildman–Crippen LogP) is 4.61. The van der Waals surface area contributed by atoms with Gasteiger partial charge < -0.3 is 29.9 Å². The first-order chi connectivity index (χ1) is 21.1. The SMILES string of the molecule is C.CCOC(=O)[C@@H]1C[C@@]2(CN1)CC(=O)N(c1cccc(Cl)c1)C2.CCOC(=O)[C@@H]1C[C@]2(CN1)CC(=O)N(c1cccc(Cl)c1)C2. The predicted molar refractivity (Wildman–Crippen MR) is 175 cm³/mol. The van der Waals surface area contributed by atoms with E-state index in [2.05, 4.69) is 10.6 Å². The lowest BCUT2D eigenvalue weighted by Gasteiger charge is -2.22. The smallest absolute Gasteiger partial charge is 0.323 e. The van der Waals surface area contributed by atoms with Crippen LogP contribution in [0.25, 0.3) is 0 Å². The Balaban J connectivity index is 0.000000200. The molecule has 4 fully saturated rings. The number of anilines is 2. The highest BCUT2D eigenvalue weighted by atomic mass is 35.5. The molecule has 2 amide bonds. The van der Waals surface area contributed by atoms with Gasteiger partial charge in [-0.3, -0.25) is 19.2 Å². The zero-order chi connectivity index (χ0) is 31.5. The fraction of sp³-hybridized carbons (Fsp3) is 0.515. The van der Waals surface area contributed by atoms with Crippen molar-refractivity contribution in [2.24, 2.45) is 10.8 Å². The number of rotatable bonds is 6. The van der Waals surface area contributed by atoms with Crippen LogP contribution in [-0.2, 0) is 28.7 Å². The summed E-state index contributed by atoms with van der Waals surface area (Å²) in [7, 11) is 0. The van der Waals surface area contributed by atoms with Crippen LogP contribution in [-0.4, -0.2) is 75.2 Å². The Bertz CT molecular complexity index is 1320. The van der Waals surface area contributed by atoms with E-state index in [1.54, 1.807) is 47.9 Å². The number of nitrogens with one attached hydrogen (secondary N) is 2. The molecular weight excluding hydrogens is 619 g/mol. The molecule has 244 valence electrons. The third kappa shape index (κ3) is 7.80. The lowest BCUT2D eigenvalue weighted by atomic mass is 9.84. The third-order valence-electron chi connectivity index (χ3n) is 8.74. The van der Waals surface area contributed by atoms with Crippen molar-refractivity contribution in [3.8, 4) is 0 Å². The van der Waals surface area contributed by atoms with Crippen LogP contribution in [0.15, 0.2) is 48.5 Å². The molecule has 45 heavy (non-hydrogen) atoms. The van der Waals surface area contributed by atoms with Crippen LogP contribution in [0.1, 0.15) is 47.0 Å². The van der Waals surface area contributed by atoms with Crippen LogP contribution in [0.4, 0.5) is 11.4 Å². The molecule has 0 radical (unpaired) electrons. The molecule has 10 nitrogen and oxygen atoms in total. The van der Waals surface area contributed by atoms with Crippen LogP contribution in [0.5, 0.6) is 0 Å². The number of hydrogen-bond donors (Lipinski definition) is 2. The summed E-state index contributed by atoms with van der Waals surface area (Å²) in [5.41, 5.74) is 1.23. The van der Waals surface area contributed by atoms with Gasteiger partial charge in [-0.25, -0.2) is 0 Å². The Kier molecular flexibility index (Phi) is 11.2. The summed E-state index contributed by atoms with van der Waals surface area (Å²) in [6.07, 6.45) is 2.16. The standard InChI is InChI=1S/2C16H19ClN2O3.CH4/c2*1-2-22-15(21)13-7-16(9-18-13)8-14(20)19(10-16)12-5-3-4-11(17)6-12;/h2*3-6,13,18H,2,7-10H2,1H3;1H4/t13-,16+;13-,16-;/m00./s1. The fourth-order valence-electron chi connectivity index (χ4n) is 6.71. The number of nitrogens with zero attached hydrogens (tertiary/aromatic N) is 2. The van der Waals surface area contributed by atoms with E-state index in [9.17, 15) is 19.2 Å². The molecule has 6 rings (SSSR count). The molecule has 4 aliphatic heterocycles. The summed E-state index contributed by atoms with van der Waals surface area (Å²) in [5.74, 6) is -0.303. The summed E-state index contributed by atoms with van der Waals surface area (Å²) in [4.78, 5) is 52.0. The maximum absolute atomic E-state index is 12.4. The first-order valence-electron chi connectivity index (χ1n) is 15.0. The number of hydrogen-bond acceptors (Lipinski definition) is 8. The van der Waals surface area contributed by atoms with Crippen molar-refractivity contribution in [2.75, 3.05) is 49.2 Å². The Hall–Kier alpha value is -3.18. The van der Waals surface area contributed by atoms with E-state index in [0.717, 1.165) is 11.4 Å². The molecule has 4 aliphatic rings. The average molecular weight is 662 g/mol. The number of ether oxygens (including phenoxy) is 2. The van der Waals surface area contributed by atoms with Gasteiger partial charge >= 0.3 is 11.9 Å². The molecular formula is C33H42Cl2N4O6. The number of halogens is 2. The van der Waals surface area contributed by atoms with E-state index in [4.69, 9.17) is 32.7 Å². The van der Waals surface area contributed by atoms with E-state index >= 15 is 0 Å². The summed E-state index contributed by atoms with van der Waals surface area (Å²) in [6.45, 7) is 6.85. The second kappa shape index (κ2) is 14.5. The van der Waals surface area contributed by atoms with Gasteiger partial charge in [0.25, 0.3) is 0 Å². The van der Waals surface area contributed by atoms with Gasteiger partial charge in [0.1, 0.15) is 12.1 Å². The lowest BCUT2D eigenvalue weighted by molar-refractivity contribution is -0.146. The minimum absolute atomic E-state index is 0. The van der Waals surface area contributed by atoms with Crippen molar-refractivity contribution >= 4 is 58.3 Å². The monoisotopic (exact) mass is 660 g/mol. The van der Waals surface area contributed by atoms with Crippen molar-refractivity contribution in [3.63, 3.8) is 0 Å². The molecule has 0 unspecified atom stereocenters. The van der Waals surface area contributed by atoms with Crippen molar-refractivity contribution < 1.29 is 28.7 Å². The summed E-state index contributed by atoms with van der Waals surface area (Å²) >= 11 is 12.0. The molecule has 4 atom stereocenters. The van der Waals surface area contributed by atoms with E-state index in [0.29, 0.717) is 75.1 Å². The normalized spacial score (nSPS) is 27.0. The summed E-state index contributed by atoms with van der Waals surface area (Å²) in [5, 5.41) is 7.62. The van der Waals surface area contributed by atoms with Gasteiger partial charge in [0.05, 0.1) is 13.2 Å². The average Bonchev–Trinajstić information content (AvgIpc) is 3.76. The molecule has 0 aromatic heterocycles. The summed E-state index contributed by atoms with van der Waals surface area (Å²) in [6, 6.07) is 14.0. The second-order valence-electron chi connectivity index (χ2n) is 12.1. The van der Waals surface area contributed by atoms with E-state index in [-0.39, 0.29) is 54.1 Å². The van der Waals surface area contributed by atoms with E-state index in [1.807, 2.05) is 24.3 Å². The molecule has 2 N–H and O–H groups in total. The second-order valence-corrected chi connectivity index (χ2v) is 12.9. The van der Waals surface area contributed by atoms with Gasteiger partial charge in [-0.15, -0.1) is 0 Å². The Morgan fingerprint density at radius 1 is 0.778 bits per heavy atom. The van der Waals surface area contributed by atoms with Gasteiger partial charge in [0.15, 0.2) is 0 Å². The number of esters is 2. The Morgan fingerprint density at radius 3 is 1.53 bits per heavy atom. The minimum Gasteiger partial charge on any atom is -0.465 e. The summed E-state index contributed by atoms with van der Waals surface area (Å²) < 4.78 is 10.1. The highest BCUT2D eigenvalue weighted by Gasteiger charge is 2.51. The first-order valence-corrected chi connectivity index (χ1v) is 15.7. The highest BCUT2D eigenvalue weighted by Crippen LogP contribution is 2.42. The molecule has 12 heteroatoms. The number of benzene rings is 2. The van der Waals surface area contributed by atoms with Gasteiger partial charge in [0.2, 0.25) is 11.8 Å². The van der Waals surface area contributed by atoms with Crippen LogP contribution in [0, 0.1) is 10.8 Å². The number of carbonyl (C=O) groups is 4. The minimum atomic E-state index is -0.313. The van der Waals surface area contributed by atoms with Crippen molar-refractivity contribution in [1.29, 1.82) is 0 Å². The van der Waals surface area contributed by atoms with Gasteiger partial charge in [-0.2, -0.15) is 0 Å². The lowest BCUT2D eigenvalue weighted by Crippen LogP contribution is -2.32. The van der Waals surface area contributed by atoms with Crippen molar-refractivity contribution in [3.05, 3.63) is 58.6 Å². The third-order valence-corrected chi connectivity index (χ3v) is 9.21. The zero-order valence-corrected chi connectivity index (χ0v) is 26.5. The quantitative estimate of drug-likeness (QED) is 0.432. The van der Waals surface area contributed by atoms with Crippen LogP contribution in [0.3, 0.4) is 0 Å². The largest absolute Gasteiger partial charge is 0.465 e. The van der Waals surface area contributed by atoms with Gasteiger partial charge in [0, 0.05) is 71.3 Å². The van der Waals surface area contributed by atoms with Crippen LogP contribution >= 0.6 is 23.2 Å². The maximum atomic E-state index is 12.4. The van der Waals surface area contributed by atoms with Gasteiger partial charge in [-0.05, 0) is 63.1 Å². The Labute approximate surface area is 274 Å².